The van der Waals surface area contributed by atoms with Crippen molar-refractivity contribution in [3.63, 3.8) is 0 Å². The zero-order valence-electron chi connectivity index (χ0n) is 14.8. The average Bonchev–Trinajstić information content (AvgIpc) is 2.68. The van der Waals surface area contributed by atoms with Crippen molar-refractivity contribution in [2.75, 3.05) is 0 Å². The lowest BCUT2D eigenvalue weighted by atomic mass is 10.1. The molecule has 0 aliphatic rings. The Morgan fingerprint density at radius 2 is 1.88 bits per heavy atom. The minimum Gasteiger partial charge on any atom is -0.487 e. The van der Waals surface area contributed by atoms with E-state index in [9.17, 15) is 4.79 Å². The zero-order chi connectivity index (χ0) is 18.2. The lowest BCUT2D eigenvalue weighted by Crippen LogP contribution is -2.24. The Balaban J connectivity index is 1.52. The number of aryl methyl sites for hydroxylation is 1. The molecule has 0 saturated carbocycles. The summed E-state index contributed by atoms with van der Waals surface area (Å²) < 4.78 is 5.78. The Labute approximate surface area is 153 Å². The van der Waals surface area contributed by atoms with E-state index in [1.165, 1.54) is 0 Å². The lowest BCUT2D eigenvalue weighted by Gasteiger charge is -2.10. The molecule has 0 bridgehead atoms. The van der Waals surface area contributed by atoms with Gasteiger partial charge in [-0.25, -0.2) is 0 Å². The second-order valence-corrected chi connectivity index (χ2v) is 6.14. The highest BCUT2D eigenvalue weighted by Gasteiger charge is 2.06. The molecule has 2 aromatic carbocycles. The monoisotopic (exact) mass is 346 g/mol. The molecule has 1 N–H and O–H groups in total. The van der Waals surface area contributed by atoms with Crippen LogP contribution in [-0.4, -0.2) is 10.9 Å². The number of hydrogen-bond donors (Lipinski definition) is 1. The molecule has 26 heavy (non-hydrogen) atoms. The van der Waals surface area contributed by atoms with E-state index in [2.05, 4.69) is 10.3 Å². The number of aromatic nitrogens is 1. The molecular formula is C22H22N2O2. The summed E-state index contributed by atoms with van der Waals surface area (Å²) in [6.07, 6.45) is 2.14. The lowest BCUT2D eigenvalue weighted by molar-refractivity contribution is -0.120. The van der Waals surface area contributed by atoms with Crippen LogP contribution >= 0.6 is 0 Å². The number of ether oxygens (including phenoxy) is 1. The highest BCUT2D eigenvalue weighted by atomic mass is 16.5. The van der Waals surface area contributed by atoms with E-state index < -0.39 is 0 Å². The van der Waals surface area contributed by atoms with Crippen molar-refractivity contribution < 1.29 is 9.53 Å². The molecule has 0 unspecified atom stereocenters. The number of pyridine rings is 1. The third-order valence-corrected chi connectivity index (χ3v) is 4.11. The van der Waals surface area contributed by atoms with Gasteiger partial charge in [-0.1, -0.05) is 42.5 Å². The van der Waals surface area contributed by atoms with Crippen molar-refractivity contribution in [1.29, 1.82) is 0 Å². The van der Waals surface area contributed by atoms with Crippen molar-refractivity contribution in [2.24, 2.45) is 0 Å². The van der Waals surface area contributed by atoms with Gasteiger partial charge in [-0.15, -0.1) is 0 Å². The van der Waals surface area contributed by atoms with Gasteiger partial charge in [0.15, 0.2) is 0 Å². The van der Waals surface area contributed by atoms with E-state index >= 15 is 0 Å². The number of benzene rings is 2. The second-order valence-electron chi connectivity index (χ2n) is 6.14. The summed E-state index contributed by atoms with van der Waals surface area (Å²) in [6, 6.07) is 21.4. The maximum Gasteiger partial charge on any atom is 0.224 e. The SMILES string of the molecule is Cc1ccccc1CC(=O)NCc1cccc(OCc2ccccn2)c1. The molecule has 0 saturated heterocycles. The van der Waals surface area contributed by atoms with Crippen LogP contribution in [0, 0.1) is 6.92 Å². The summed E-state index contributed by atoms with van der Waals surface area (Å²) >= 11 is 0. The average molecular weight is 346 g/mol. The Kier molecular flexibility index (Phi) is 5.99. The van der Waals surface area contributed by atoms with E-state index in [1.807, 2.05) is 73.7 Å². The Hall–Kier alpha value is -3.14. The topological polar surface area (TPSA) is 51.2 Å². The summed E-state index contributed by atoms with van der Waals surface area (Å²) in [5.74, 6) is 0.778. The molecular weight excluding hydrogens is 324 g/mol. The summed E-state index contributed by atoms with van der Waals surface area (Å²) in [5.41, 5.74) is 4.07. The number of hydrogen-bond acceptors (Lipinski definition) is 3. The van der Waals surface area contributed by atoms with Crippen LogP contribution in [0.3, 0.4) is 0 Å². The normalized spacial score (nSPS) is 10.3. The molecule has 0 radical (unpaired) electrons. The molecule has 1 aromatic heterocycles. The van der Waals surface area contributed by atoms with Gasteiger partial charge in [0.1, 0.15) is 12.4 Å². The van der Waals surface area contributed by atoms with Gasteiger partial charge in [0.25, 0.3) is 0 Å². The third kappa shape index (κ3) is 5.18. The molecule has 0 fully saturated rings. The van der Waals surface area contributed by atoms with E-state index in [4.69, 9.17) is 4.74 Å². The predicted molar refractivity (Wildman–Crippen MR) is 102 cm³/mol. The van der Waals surface area contributed by atoms with Crippen LogP contribution in [0.4, 0.5) is 0 Å². The van der Waals surface area contributed by atoms with Gasteiger partial charge in [-0.2, -0.15) is 0 Å². The van der Waals surface area contributed by atoms with Crippen LogP contribution in [0.15, 0.2) is 72.9 Å². The number of nitrogens with one attached hydrogen (secondary N) is 1. The molecule has 132 valence electrons. The smallest absolute Gasteiger partial charge is 0.224 e. The Morgan fingerprint density at radius 1 is 1.04 bits per heavy atom. The quantitative estimate of drug-likeness (QED) is 0.707. The summed E-state index contributed by atoms with van der Waals surface area (Å²) in [5, 5.41) is 2.97. The van der Waals surface area contributed by atoms with Gasteiger partial charge in [0.2, 0.25) is 5.91 Å². The molecule has 4 nitrogen and oxygen atoms in total. The van der Waals surface area contributed by atoms with Crippen LogP contribution < -0.4 is 10.1 Å². The maximum atomic E-state index is 12.2. The van der Waals surface area contributed by atoms with Gasteiger partial charge >= 0.3 is 0 Å². The fourth-order valence-electron chi connectivity index (χ4n) is 2.63. The molecule has 1 amide bonds. The fraction of sp³-hybridized carbons (Fsp3) is 0.182. The van der Waals surface area contributed by atoms with Crippen molar-refractivity contribution >= 4 is 5.91 Å². The molecule has 0 atom stereocenters. The minimum absolute atomic E-state index is 0.0131. The Morgan fingerprint density at radius 3 is 2.69 bits per heavy atom. The summed E-state index contributed by atoms with van der Waals surface area (Å²) in [6.45, 7) is 2.92. The van der Waals surface area contributed by atoms with Gasteiger partial charge < -0.3 is 10.1 Å². The van der Waals surface area contributed by atoms with E-state index in [-0.39, 0.29) is 5.91 Å². The highest BCUT2D eigenvalue weighted by molar-refractivity contribution is 5.78. The third-order valence-electron chi connectivity index (χ3n) is 4.11. The largest absolute Gasteiger partial charge is 0.487 e. The number of nitrogens with zero attached hydrogens (tertiary/aromatic N) is 1. The van der Waals surface area contributed by atoms with Crippen LogP contribution in [0.1, 0.15) is 22.4 Å². The summed E-state index contributed by atoms with van der Waals surface area (Å²) in [4.78, 5) is 16.4. The predicted octanol–water partition coefficient (Wildman–Crippen LogP) is 3.83. The first-order chi connectivity index (χ1) is 12.7. The van der Waals surface area contributed by atoms with E-state index in [0.29, 0.717) is 19.6 Å². The van der Waals surface area contributed by atoms with Gasteiger partial charge in [0.05, 0.1) is 12.1 Å². The van der Waals surface area contributed by atoms with E-state index in [1.54, 1.807) is 6.20 Å². The van der Waals surface area contributed by atoms with Gasteiger partial charge in [0, 0.05) is 12.7 Å². The van der Waals surface area contributed by atoms with Gasteiger partial charge in [-0.05, 0) is 47.9 Å². The van der Waals surface area contributed by atoms with Crippen LogP contribution in [0.25, 0.3) is 0 Å². The number of rotatable bonds is 7. The molecule has 1 heterocycles. The molecule has 0 spiro atoms. The number of carbonyl (C=O) groups is 1. The van der Waals surface area contributed by atoms with Crippen LogP contribution in [-0.2, 0) is 24.4 Å². The first-order valence-corrected chi connectivity index (χ1v) is 8.63. The maximum absolute atomic E-state index is 12.2. The molecule has 0 aliphatic carbocycles. The molecule has 0 aliphatic heterocycles. The second kappa shape index (κ2) is 8.81. The van der Waals surface area contributed by atoms with Crippen molar-refractivity contribution in [1.82, 2.24) is 10.3 Å². The first kappa shape index (κ1) is 17.7. The highest BCUT2D eigenvalue weighted by Crippen LogP contribution is 2.15. The van der Waals surface area contributed by atoms with Crippen molar-refractivity contribution in [3.05, 3.63) is 95.3 Å². The minimum atomic E-state index is 0.0131. The first-order valence-electron chi connectivity index (χ1n) is 8.63. The molecule has 4 heteroatoms. The molecule has 3 aromatic rings. The van der Waals surface area contributed by atoms with Crippen LogP contribution in [0.2, 0.25) is 0 Å². The standard InChI is InChI=1S/C22H22N2O2/c1-17-7-2-3-9-19(17)14-22(25)24-15-18-8-6-11-21(13-18)26-16-20-10-4-5-12-23-20/h2-13H,14-16H2,1H3,(H,24,25). The van der Waals surface area contributed by atoms with E-state index in [0.717, 1.165) is 28.1 Å². The van der Waals surface area contributed by atoms with Crippen molar-refractivity contribution in [2.45, 2.75) is 26.5 Å². The molecule has 3 rings (SSSR count). The Bertz CT molecular complexity index is 863. The van der Waals surface area contributed by atoms with Crippen LogP contribution in [0.5, 0.6) is 5.75 Å². The number of carbonyl (C=O) groups excluding carboxylic acids is 1. The summed E-state index contributed by atoms with van der Waals surface area (Å²) in [7, 11) is 0. The zero-order valence-corrected chi connectivity index (χ0v) is 14.8. The number of amides is 1. The van der Waals surface area contributed by atoms with Crippen molar-refractivity contribution in [3.8, 4) is 5.75 Å². The fourth-order valence-corrected chi connectivity index (χ4v) is 2.63. The van der Waals surface area contributed by atoms with Gasteiger partial charge in [-0.3, -0.25) is 9.78 Å².